The Morgan fingerprint density at radius 1 is 0.955 bits per heavy atom. The lowest BCUT2D eigenvalue weighted by Crippen LogP contribution is -2.46. The third-order valence-corrected chi connectivity index (χ3v) is 4.46. The number of fused-ring (bicyclic) bond motifs is 1. The number of H-pyrrole nitrogens is 1. The van der Waals surface area contributed by atoms with Crippen LogP contribution in [0, 0.1) is 0 Å². The van der Waals surface area contributed by atoms with E-state index in [2.05, 4.69) is 50.3 Å². The summed E-state index contributed by atoms with van der Waals surface area (Å²) in [6, 6.07) is 14.5. The van der Waals surface area contributed by atoms with Gasteiger partial charge in [0.25, 0.3) is 0 Å². The number of halogens is 1. The average molecular weight is 313 g/mol. The van der Waals surface area contributed by atoms with E-state index in [1.54, 1.807) is 0 Å². The molecule has 2 aromatic carbocycles. The highest BCUT2D eigenvalue weighted by Crippen LogP contribution is 2.30. The number of piperazine rings is 1. The summed E-state index contributed by atoms with van der Waals surface area (Å²) in [5, 5.41) is 9.03. The van der Waals surface area contributed by atoms with E-state index in [0.717, 1.165) is 42.1 Å². The van der Waals surface area contributed by atoms with Crippen LogP contribution in [0.4, 0.5) is 11.4 Å². The van der Waals surface area contributed by atoms with Crippen LogP contribution in [0.25, 0.3) is 10.9 Å². The van der Waals surface area contributed by atoms with Gasteiger partial charge in [0.1, 0.15) is 0 Å². The molecule has 0 bridgehead atoms. The van der Waals surface area contributed by atoms with Crippen molar-refractivity contribution in [1.82, 2.24) is 10.2 Å². The minimum Gasteiger partial charge on any atom is -0.368 e. The molecule has 5 heteroatoms. The van der Waals surface area contributed by atoms with Gasteiger partial charge in [0.2, 0.25) is 0 Å². The number of aromatic amines is 1. The number of benzene rings is 2. The SMILES string of the molecule is Clc1cc(N2CCN(c3ccccc3)CC2)c2cn[nH]c2c1. The molecule has 0 amide bonds. The molecule has 22 heavy (non-hydrogen) atoms. The van der Waals surface area contributed by atoms with Crippen molar-refractivity contribution in [1.29, 1.82) is 0 Å². The smallest absolute Gasteiger partial charge is 0.0686 e. The molecule has 0 spiro atoms. The standard InChI is InChI=1S/C17H17ClN4/c18-13-10-16-15(12-19-20-16)17(11-13)22-8-6-21(7-9-22)14-4-2-1-3-5-14/h1-5,10-12H,6-9H2,(H,19,20). The first kappa shape index (κ1) is 13.5. The number of hydrogen-bond donors (Lipinski definition) is 1. The summed E-state index contributed by atoms with van der Waals surface area (Å²) in [7, 11) is 0. The Hall–Kier alpha value is -2.20. The largest absolute Gasteiger partial charge is 0.368 e. The van der Waals surface area contributed by atoms with E-state index in [4.69, 9.17) is 11.6 Å². The second-order valence-electron chi connectivity index (χ2n) is 5.57. The van der Waals surface area contributed by atoms with Crippen LogP contribution in [-0.4, -0.2) is 36.4 Å². The van der Waals surface area contributed by atoms with Crippen molar-refractivity contribution in [3.63, 3.8) is 0 Å². The normalized spacial score (nSPS) is 15.5. The number of anilines is 2. The number of aromatic nitrogens is 2. The average Bonchev–Trinajstić information content (AvgIpc) is 3.03. The van der Waals surface area contributed by atoms with Crippen LogP contribution in [0.3, 0.4) is 0 Å². The zero-order chi connectivity index (χ0) is 14.9. The Morgan fingerprint density at radius 2 is 1.68 bits per heavy atom. The van der Waals surface area contributed by atoms with Gasteiger partial charge in [-0.15, -0.1) is 0 Å². The summed E-state index contributed by atoms with van der Waals surface area (Å²) < 4.78 is 0. The Morgan fingerprint density at radius 3 is 2.45 bits per heavy atom. The predicted molar refractivity (Wildman–Crippen MR) is 92.0 cm³/mol. The zero-order valence-corrected chi connectivity index (χ0v) is 12.9. The Balaban J connectivity index is 1.57. The van der Waals surface area contributed by atoms with Crippen molar-refractivity contribution >= 4 is 33.9 Å². The van der Waals surface area contributed by atoms with E-state index in [1.165, 1.54) is 11.4 Å². The molecule has 1 saturated heterocycles. The summed E-state index contributed by atoms with van der Waals surface area (Å²) in [4.78, 5) is 4.82. The van der Waals surface area contributed by atoms with E-state index in [-0.39, 0.29) is 0 Å². The quantitative estimate of drug-likeness (QED) is 0.786. The van der Waals surface area contributed by atoms with Crippen LogP contribution in [0.1, 0.15) is 0 Å². The highest BCUT2D eigenvalue weighted by molar-refractivity contribution is 6.31. The molecule has 4 nitrogen and oxygen atoms in total. The molecule has 4 rings (SSSR count). The third-order valence-electron chi connectivity index (χ3n) is 4.24. The van der Waals surface area contributed by atoms with Crippen LogP contribution in [-0.2, 0) is 0 Å². The van der Waals surface area contributed by atoms with Crippen LogP contribution in [0.15, 0.2) is 48.7 Å². The Kier molecular flexibility index (Phi) is 3.39. The van der Waals surface area contributed by atoms with Gasteiger partial charge in [-0.05, 0) is 24.3 Å². The van der Waals surface area contributed by atoms with E-state index < -0.39 is 0 Å². The summed E-state index contributed by atoms with van der Waals surface area (Å²) in [6.45, 7) is 3.98. The maximum atomic E-state index is 6.24. The third kappa shape index (κ3) is 2.40. The van der Waals surface area contributed by atoms with Gasteiger partial charge in [0, 0.05) is 48.0 Å². The van der Waals surface area contributed by atoms with Gasteiger partial charge in [-0.3, -0.25) is 5.10 Å². The van der Waals surface area contributed by atoms with Crippen molar-refractivity contribution in [3.8, 4) is 0 Å². The van der Waals surface area contributed by atoms with Crippen molar-refractivity contribution in [3.05, 3.63) is 53.7 Å². The fraction of sp³-hybridized carbons (Fsp3) is 0.235. The lowest BCUT2D eigenvalue weighted by atomic mass is 10.1. The fourth-order valence-electron chi connectivity index (χ4n) is 3.10. The molecular formula is C17H17ClN4. The number of nitrogens with zero attached hydrogens (tertiary/aromatic N) is 3. The van der Waals surface area contributed by atoms with Crippen molar-refractivity contribution in [2.75, 3.05) is 36.0 Å². The van der Waals surface area contributed by atoms with Crippen molar-refractivity contribution in [2.45, 2.75) is 0 Å². The minimum absolute atomic E-state index is 0.747. The molecule has 3 aromatic rings. The van der Waals surface area contributed by atoms with Gasteiger partial charge in [-0.25, -0.2) is 0 Å². The molecular weight excluding hydrogens is 296 g/mol. The molecule has 112 valence electrons. The Bertz CT molecular complexity index is 776. The maximum absolute atomic E-state index is 6.24. The Labute approximate surface area is 134 Å². The van der Waals surface area contributed by atoms with E-state index in [9.17, 15) is 0 Å². The molecule has 0 atom stereocenters. The summed E-state index contributed by atoms with van der Waals surface area (Å²) in [5.74, 6) is 0. The minimum atomic E-state index is 0.747. The molecule has 1 aliphatic heterocycles. The zero-order valence-electron chi connectivity index (χ0n) is 12.2. The number of nitrogens with one attached hydrogen (secondary N) is 1. The topological polar surface area (TPSA) is 35.2 Å². The second kappa shape index (κ2) is 5.54. The molecule has 0 saturated carbocycles. The number of rotatable bonds is 2. The van der Waals surface area contributed by atoms with Gasteiger partial charge in [-0.1, -0.05) is 29.8 Å². The first-order chi connectivity index (χ1) is 10.8. The van der Waals surface area contributed by atoms with Crippen molar-refractivity contribution < 1.29 is 0 Å². The molecule has 0 unspecified atom stereocenters. The van der Waals surface area contributed by atoms with E-state index >= 15 is 0 Å². The van der Waals surface area contributed by atoms with Gasteiger partial charge in [-0.2, -0.15) is 5.10 Å². The summed E-state index contributed by atoms with van der Waals surface area (Å²) >= 11 is 6.24. The van der Waals surface area contributed by atoms with Crippen LogP contribution in [0.2, 0.25) is 5.02 Å². The molecule has 2 heterocycles. The van der Waals surface area contributed by atoms with Crippen LogP contribution in [0.5, 0.6) is 0 Å². The van der Waals surface area contributed by atoms with E-state index in [0.29, 0.717) is 0 Å². The van der Waals surface area contributed by atoms with Gasteiger partial charge in [0.15, 0.2) is 0 Å². The van der Waals surface area contributed by atoms with Gasteiger partial charge in [0.05, 0.1) is 11.7 Å². The lowest BCUT2D eigenvalue weighted by Gasteiger charge is -2.37. The highest BCUT2D eigenvalue weighted by Gasteiger charge is 2.19. The molecule has 1 aromatic heterocycles. The molecule has 1 fully saturated rings. The second-order valence-corrected chi connectivity index (χ2v) is 6.00. The van der Waals surface area contributed by atoms with Gasteiger partial charge >= 0.3 is 0 Å². The molecule has 1 aliphatic rings. The fourth-order valence-corrected chi connectivity index (χ4v) is 3.32. The number of hydrogen-bond acceptors (Lipinski definition) is 3. The first-order valence-electron chi connectivity index (χ1n) is 7.49. The van der Waals surface area contributed by atoms with Crippen LogP contribution >= 0.6 is 11.6 Å². The molecule has 0 radical (unpaired) electrons. The summed E-state index contributed by atoms with van der Waals surface area (Å²) in [6.07, 6.45) is 1.88. The van der Waals surface area contributed by atoms with Gasteiger partial charge < -0.3 is 9.80 Å². The molecule has 0 aliphatic carbocycles. The predicted octanol–water partition coefficient (Wildman–Crippen LogP) is 3.54. The first-order valence-corrected chi connectivity index (χ1v) is 7.86. The summed E-state index contributed by atoms with van der Waals surface area (Å²) in [5.41, 5.74) is 3.46. The van der Waals surface area contributed by atoms with Crippen molar-refractivity contribution in [2.24, 2.45) is 0 Å². The van der Waals surface area contributed by atoms with E-state index in [1.807, 2.05) is 18.3 Å². The maximum Gasteiger partial charge on any atom is 0.0686 e. The highest BCUT2D eigenvalue weighted by atomic mass is 35.5. The number of para-hydroxylation sites is 1. The molecule has 1 N–H and O–H groups in total. The monoisotopic (exact) mass is 312 g/mol. The van der Waals surface area contributed by atoms with Crippen LogP contribution < -0.4 is 9.80 Å². The lowest BCUT2D eigenvalue weighted by molar-refractivity contribution is 0.655.